The molecule has 2 N–H and O–H groups in total. The summed E-state index contributed by atoms with van der Waals surface area (Å²) >= 11 is 0. The summed E-state index contributed by atoms with van der Waals surface area (Å²) in [7, 11) is 1.93. The molecule has 0 atom stereocenters. The molecule has 0 aliphatic carbocycles. The summed E-state index contributed by atoms with van der Waals surface area (Å²) in [5, 5.41) is 10.2. The number of nitrogens with zero attached hydrogens (tertiary/aromatic N) is 2. The Morgan fingerprint density at radius 1 is 1.29 bits per heavy atom. The average molecular weight is 288 g/mol. The second-order valence-corrected chi connectivity index (χ2v) is 4.66. The first kappa shape index (κ1) is 14.9. The molecule has 0 unspecified atom stereocenters. The molecular formula is C15H20N4O2. The Hall–Kier alpha value is -2.50. The van der Waals surface area contributed by atoms with Crippen LogP contribution in [-0.4, -0.2) is 22.5 Å². The predicted octanol–water partition coefficient (Wildman–Crippen LogP) is 2.91. The summed E-state index contributed by atoms with van der Waals surface area (Å²) in [4.78, 5) is 11.3. The molecule has 21 heavy (non-hydrogen) atoms. The lowest BCUT2D eigenvalue weighted by Gasteiger charge is -2.08. The van der Waals surface area contributed by atoms with Gasteiger partial charge in [-0.2, -0.15) is 5.10 Å². The molecule has 1 aromatic heterocycles. The van der Waals surface area contributed by atoms with Crippen molar-refractivity contribution in [3.63, 3.8) is 0 Å². The lowest BCUT2D eigenvalue weighted by atomic mass is 10.2. The van der Waals surface area contributed by atoms with Gasteiger partial charge in [0, 0.05) is 36.2 Å². The molecule has 1 amide bonds. The Balaban J connectivity index is 1.90. The van der Waals surface area contributed by atoms with Gasteiger partial charge in [0.05, 0.1) is 12.8 Å². The smallest absolute Gasteiger partial charge is 0.411 e. The zero-order valence-electron chi connectivity index (χ0n) is 12.5. The third-order valence-corrected chi connectivity index (χ3v) is 3.23. The van der Waals surface area contributed by atoms with Gasteiger partial charge < -0.3 is 10.1 Å². The monoisotopic (exact) mass is 288 g/mol. The highest BCUT2D eigenvalue weighted by atomic mass is 16.5. The third-order valence-electron chi connectivity index (χ3n) is 3.23. The second-order valence-electron chi connectivity index (χ2n) is 4.66. The van der Waals surface area contributed by atoms with E-state index in [-0.39, 0.29) is 0 Å². The molecule has 0 aliphatic rings. The molecule has 2 aromatic rings. The van der Waals surface area contributed by atoms with Gasteiger partial charge in [0.15, 0.2) is 0 Å². The van der Waals surface area contributed by atoms with Crippen LogP contribution in [0.5, 0.6) is 0 Å². The molecule has 0 saturated carbocycles. The minimum atomic E-state index is -0.441. The van der Waals surface area contributed by atoms with Crippen LogP contribution in [0.3, 0.4) is 0 Å². The molecule has 0 saturated heterocycles. The van der Waals surface area contributed by atoms with Gasteiger partial charge in [-0.25, -0.2) is 4.79 Å². The number of amides is 1. The number of nitrogens with one attached hydrogen (secondary N) is 2. The van der Waals surface area contributed by atoms with E-state index in [4.69, 9.17) is 4.74 Å². The zero-order valence-corrected chi connectivity index (χ0v) is 12.5. The molecule has 0 radical (unpaired) electrons. The number of benzene rings is 1. The molecule has 6 heteroatoms. The summed E-state index contributed by atoms with van der Waals surface area (Å²) < 4.78 is 6.67. The quantitative estimate of drug-likeness (QED) is 0.887. The van der Waals surface area contributed by atoms with E-state index in [2.05, 4.69) is 15.7 Å². The predicted molar refractivity (Wildman–Crippen MR) is 82.4 cm³/mol. The van der Waals surface area contributed by atoms with E-state index >= 15 is 0 Å². The molecule has 1 heterocycles. The van der Waals surface area contributed by atoms with Crippen LogP contribution in [0.15, 0.2) is 30.5 Å². The molecule has 0 aliphatic heterocycles. The van der Waals surface area contributed by atoms with Crippen LogP contribution in [0, 0.1) is 6.92 Å². The first-order valence-corrected chi connectivity index (χ1v) is 6.85. The first-order valence-electron chi connectivity index (χ1n) is 6.85. The number of aryl methyl sites for hydroxylation is 1. The number of rotatable bonds is 5. The van der Waals surface area contributed by atoms with Crippen LogP contribution >= 0.6 is 0 Å². The summed E-state index contributed by atoms with van der Waals surface area (Å²) in [6.45, 7) is 4.88. The van der Waals surface area contributed by atoms with Gasteiger partial charge in [0.2, 0.25) is 0 Å². The van der Waals surface area contributed by atoms with Gasteiger partial charge in [0.25, 0.3) is 0 Å². The first-order chi connectivity index (χ1) is 10.1. The summed E-state index contributed by atoms with van der Waals surface area (Å²) in [5.41, 5.74) is 3.98. The van der Waals surface area contributed by atoms with Crippen LogP contribution in [0.2, 0.25) is 0 Å². The van der Waals surface area contributed by atoms with Crippen LogP contribution < -0.4 is 10.6 Å². The molecule has 112 valence electrons. The number of aromatic nitrogens is 2. The van der Waals surface area contributed by atoms with Crippen LogP contribution in [0.4, 0.5) is 16.2 Å². The summed E-state index contributed by atoms with van der Waals surface area (Å²) in [6, 6.07) is 7.48. The van der Waals surface area contributed by atoms with E-state index in [1.54, 1.807) is 6.92 Å². The van der Waals surface area contributed by atoms with Crippen molar-refractivity contribution in [2.24, 2.45) is 7.05 Å². The minimum absolute atomic E-state index is 0.357. The number of carbonyl (C=O) groups excluding carboxylic acids is 1. The lowest BCUT2D eigenvalue weighted by molar-refractivity contribution is 0.168. The fraction of sp³-hybridized carbons (Fsp3) is 0.333. The van der Waals surface area contributed by atoms with Crippen LogP contribution in [-0.2, 0) is 18.3 Å². The van der Waals surface area contributed by atoms with Crippen molar-refractivity contribution in [2.45, 2.75) is 20.4 Å². The van der Waals surface area contributed by atoms with Gasteiger partial charge >= 0.3 is 6.09 Å². The van der Waals surface area contributed by atoms with Crippen LogP contribution in [0.1, 0.15) is 18.2 Å². The van der Waals surface area contributed by atoms with Gasteiger partial charge in [-0.3, -0.25) is 10.00 Å². The Kier molecular flexibility index (Phi) is 4.81. The van der Waals surface area contributed by atoms with Gasteiger partial charge in [-0.05, 0) is 38.1 Å². The SMILES string of the molecule is CCOC(=O)Nc1ccc(NCc2cnn(C)c2C)cc1. The van der Waals surface area contributed by atoms with E-state index in [1.807, 2.05) is 49.1 Å². The van der Waals surface area contributed by atoms with Crippen molar-refractivity contribution in [3.05, 3.63) is 41.7 Å². The molecule has 0 fully saturated rings. The number of carbonyl (C=O) groups is 1. The van der Waals surface area contributed by atoms with E-state index in [0.717, 1.165) is 16.9 Å². The van der Waals surface area contributed by atoms with Crippen molar-refractivity contribution in [1.29, 1.82) is 0 Å². The second kappa shape index (κ2) is 6.78. The van der Waals surface area contributed by atoms with Crippen molar-refractivity contribution >= 4 is 17.5 Å². The Labute approximate surface area is 124 Å². The van der Waals surface area contributed by atoms with E-state index in [1.165, 1.54) is 0 Å². The maximum Gasteiger partial charge on any atom is 0.411 e. The summed E-state index contributed by atoms with van der Waals surface area (Å²) in [6.07, 6.45) is 1.42. The summed E-state index contributed by atoms with van der Waals surface area (Å²) in [5.74, 6) is 0. The molecule has 6 nitrogen and oxygen atoms in total. The highest BCUT2D eigenvalue weighted by Gasteiger charge is 2.04. The number of hydrogen-bond donors (Lipinski definition) is 2. The Morgan fingerprint density at radius 3 is 2.52 bits per heavy atom. The standard InChI is InChI=1S/C15H20N4O2/c1-4-21-15(20)18-14-7-5-13(6-8-14)16-9-12-10-17-19(3)11(12)2/h5-8,10,16H,4,9H2,1-3H3,(H,18,20). The Bertz CT molecular complexity index is 605. The largest absolute Gasteiger partial charge is 0.450 e. The minimum Gasteiger partial charge on any atom is -0.450 e. The van der Waals surface area contributed by atoms with E-state index < -0.39 is 6.09 Å². The number of ether oxygens (including phenoxy) is 1. The van der Waals surface area contributed by atoms with Gasteiger partial charge in [-0.1, -0.05) is 0 Å². The molecule has 2 rings (SSSR count). The van der Waals surface area contributed by atoms with Crippen molar-refractivity contribution in [3.8, 4) is 0 Å². The van der Waals surface area contributed by atoms with Gasteiger partial charge in [-0.15, -0.1) is 0 Å². The molecule has 1 aromatic carbocycles. The number of anilines is 2. The lowest BCUT2D eigenvalue weighted by Crippen LogP contribution is -2.13. The molecule has 0 spiro atoms. The number of hydrogen-bond acceptors (Lipinski definition) is 4. The average Bonchev–Trinajstić information content (AvgIpc) is 2.78. The maximum absolute atomic E-state index is 11.3. The normalized spacial score (nSPS) is 10.2. The van der Waals surface area contributed by atoms with Crippen LogP contribution in [0.25, 0.3) is 0 Å². The molecule has 0 bridgehead atoms. The van der Waals surface area contributed by atoms with E-state index in [9.17, 15) is 4.79 Å². The highest BCUT2D eigenvalue weighted by molar-refractivity contribution is 5.84. The highest BCUT2D eigenvalue weighted by Crippen LogP contribution is 2.15. The maximum atomic E-state index is 11.3. The van der Waals surface area contributed by atoms with Crippen molar-refractivity contribution in [1.82, 2.24) is 9.78 Å². The fourth-order valence-corrected chi connectivity index (χ4v) is 1.87. The third kappa shape index (κ3) is 3.98. The topological polar surface area (TPSA) is 68.2 Å². The fourth-order valence-electron chi connectivity index (χ4n) is 1.87. The van der Waals surface area contributed by atoms with E-state index in [0.29, 0.717) is 18.8 Å². The van der Waals surface area contributed by atoms with Crippen molar-refractivity contribution < 1.29 is 9.53 Å². The van der Waals surface area contributed by atoms with Gasteiger partial charge in [0.1, 0.15) is 0 Å². The zero-order chi connectivity index (χ0) is 15.2. The van der Waals surface area contributed by atoms with Crippen molar-refractivity contribution in [2.75, 3.05) is 17.2 Å². The molecular weight excluding hydrogens is 268 g/mol. The Morgan fingerprint density at radius 2 is 1.95 bits per heavy atom.